The Morgan fingerprint density at radius 3 is 2.57 bits per heavy atom. The van der Waals surface area contributed by atoms with Gasteiger partial charge in [0, 0.05) is 22.7 Å². The summed E-state index contributed by atoms with van der Waals surface area (Å²) in [6, 6.07) is 6.75. The molecule has 1 heterocycles. The van der Waals surface area contributed by atoms with Crippen molar-refractivity contribution in [1.82, 2.24) is 4.57 Å². The zero-order chi connectivity index (χ0) is 21.6. The van der Waals surface area contributed by atoms with Crippen LogP contribution in [0.25, 0.3) is 10.9 Å². The van der Waals surface area contributed by atoms with Gasteiger partial charge in [0.1, 0.15) is 6.10 Å². The van der Waals surface area contributed by atoms with Crippen LogP contribution < -0.4 is 0 Å². The largest absolute Gasteiger partial charge is 0.505 e. The van der Waals surface area contributed by atoms with Gasteiger partial charge in [0.05, 0.1) is 22.0 Å². The molecule has 0 atom stereocenters. The predicted octanol–water partition coefficient (Wildman–Crippen LogP) is 5.43. The van der Waals surface area contributed by atoms with Gasteiger partial charge in [-0.1, -0.05) is 23.2 Å². The fraction of sp³-hybridized carbons (Fsp3) is 0.273. The first-order chi connectivity index (χ1) is 14.3. The van der Waals surface area contributed by atoms with Gasteiger partial charge < -0.3 is 9.84 Å². The van der Waals surface area contributed by atoms with E-state index >= 15 is 0 Å². The van der Waals surface area contributed by atoms with Crippen LogP contribution in [0.2, 0.25) is 10.0 Å². The number of fused-ring (bicyclic) bond motifs is 1. The minimum atomic E-state index is -0.869. The third kappa shape index (κ3) is 3.66. The van der Waals surface area contributed by atoms with E-state index in [0.29, 0.717) is 21.7 Å². The molecule has 1 saturated carbocycles. The highest BCUT2D eigenvalue weighted by Crippen LogP contribution is 2.33. The Morgan fingerprint density at radius 1 is 1.20 bits per heavy atom. The highest BCUT2D eigenvalue weighted by molar-refractivity contribution is 6.42. The Bertz CT molecular complexity index is 1180. The molecule has 4 rings (SSSR count). The molecule has 0 amide bonds. The van der Waals surface area contributed by atoms with Crippen LogP contribution in [0.4, 0.5) is 4.39 Å². The molecular formula is C22H18Cl2FNO4. The van der Waals surface area contributed by atoms with Crippen LogP contribution in [0.3, 0.4) is 0 Å². The average molecular weight is 450 g/mol. The van der Waals surface area contributed by atoms with Crippen molar-refractivity contribution in [3.8, 4) is 5.75 Å². The van der Waals surface area contributed by atoms with Crippen LogP contribution in [-0.4, -0.2) is 27.7 Å². The van der Waals surface area contributed by atoms with Gasteiger partial charge in [-0.2, -0.15) is 0 Å². The summed E-state index contributed by atoms with van der Waals surface area (Å²) in [5.74, 6) is -2.31. The van der Waals surface area contributed by atoms with E-state index < -0.39 is 23.4 Å². The maximum Gasteiger partial charge on any atom is 0.310 e. The molecule has 30 heavy (non-hydrogen) atoms. The number of hydrogen-bond donors (Lipinski definition) is 1. The second-order valence-electron chi connectivity index (χ2n) is 7.37. The van der Waals surface area contributed by atoms with Crippen molar-refractivity contribution in [2.75, 3.05) is 0 Å². The average Bonchev–Trinajstić information content (AvgIpc) is 2.91. The molecule has 0 aliphatic heterocycles. The van der Waals surface area contributed by atoms with Gasteiger partial charge >= 0.3 is 5.97 Å². The molecule has 1 aliphatic carbocycles. The molecule has 0 saturated heterocycles. The number of carbonyl (C=O) groups is 2. The van der Waals surface area contributed by atoms with Crippen LogP contribution in [0.15, 0.2) is 30.3 Å². The maximum atomic E-state index is 14.1. The molecule has 1 aliphatic rings. The fourth-order valence-corrected chi connectivity index (χ4v) is 3.89. The Kier molecular flexibility index (Phi) is 5.47. The van der Waals surface area contributed by atoms with Gasteiger partial charge in [0.2, 0.25) is 0 Å². The lowest BCUT2D eigenvalue weighted by Gasteiger charge is -2.25. The Balaban J connectivity index is 1.81. The summed E-state index contributed by atoms with van der Waals surface area (Å²) in [7, 11) is 0. The lowest BCUT2D eigenvalue weighted by molar-refractivity contribution is -0.152. The third-order valence-corrected chi connectivity index (χ3v) is 6.18. The SMILES string of the molecule is Cc1c(CC(=O)OC2CCC2)c2cc(O)c(F)cc2n1C(=O)c1ccc(Cl)c(Cl)c1. The van der Waals surface area contributed by atoms with E-state index in [1.807, 2.05) is 0 Å². The summed E-state index contributed by atoms with van der Waals surface area (Å²) in [6.07, 6.45) is 2.55. The summed E-state index contributed by atoms with van der Waals surface area (Å²) in [5, 5.41) is 10.8. The quantitative estimate of drug-likeness (QED) is 0.539. The fourth-order valence-electron chi connectivity index (χ4n) is 3.59. The van der Waals surface area contributed by atoms with E-state index in [2.05, 4.69) is 0 Å². The monoisotopic (exact) mass is 449 g/mol. The molecule has 156 valence electrons. The van der Waals surface area contributed by atoms with E-state index in [4.69, 9.17) is 27.9 Å². The lowest BCUT2D eigenvalue weighted by Crippen LogP contribution is -2.26. The van der Waals surface area contributed by atoms with Crippen LogP contribution in [0.1, 0.15) is 40.9 Å². The Hall–Kier alpha value is -2.57. The maximum absolute atomic E-state index is 14.1. The van der Waals surface area contributed by atoms with Crippen LogP contribution in [-0.2, 0) is 16.0 Å². The van der Waals surface area contributed by atoms with Gasteiger partial charge in [-0.25, -0.2) is 4.39 Å². The van der Waals surface area contributed by atoms with Crippen LogP contribution in [0, 0.1) is 12.7 Å². The van der Waals surface area contributed by atoms with Gasteiger partial charge in [-0.05, 0) is 56.0 Å². The number of halogens is 3. The third-order valence-electron chi connectivity index (χ3n) is 5.44. The number of ether oxygens (including phenoxy) is 1. The highest BCUT2D eigenvalue weighted by Gasteiger charge is 2.26. The van der Waals surface area contributed by atoms with Gasteiger partial charge in [-0.3, -0.25) is 14.2 Å². The number of carbonyl (C=O) groups excluding carboxylic acids is 2. The van der Waals surface area contributed by atoms with Crippen LogP contribution in [0.5, 0.6) is 5.75 Å². The predicted molar refractivity (Wildman–Crippen MR) is 112 cm³/mol. The standard InChI is InChI=1S/C22H18Cl2FNO4/c1-11-14(9-21(28)30-13-3-2-4-13)15-8-20(27)18(25)10-19(15)26(11)22(29)12-5-6-16(23)17(24)7-12/h5-8,10,13,27H,2-4,9H2,1H3. The second kappa shape index (κ2) is 7.93. The lowest BCUT2D eigenvalue weighted by atomic mass is 9.96. The van der Waals surface area contributed by atoms with Crippen molar-refractivity contribution in [3.63, 3.8) is 0 Å². The topological polar surface area (TPSA) is 68.5 Å². The summed E-state index contributed by atoms with van der Waals surface area (Å²) in [5.41, 5.74) is 1.45. The zero-order valence-electron chi connectivity index (χ0n) is 16.0. The highest BCUT2D eigenvalue weighted by atomic mass is 35.5. The van der Waals surface area contributed by atoms with E-state index in [-0.39, 0.29) is 28.6 Å². The number of hydrogen-bond acceptors (Lipinski definition) is 4. The Morgan fingerprint density at radius 2 is 1.93 bits per heavy atom. The molecular weight excluding hydrogens is 432 g/mol. The van der Waals surface area contributed by atoms with E-state index in [9.17, 15) is 19.1 Å². The van der Waals surface area contributed by atoms with E-state index in [1.54, 1.807) is 6.92 Å². The van der Waals surface area contributed by atoms with Gasteiger partial charge in [0.25, 0.3) is 5.91 Å². The number of esters is 1. The number of phenols is 1. The molecule has 2 aromatic carbocycles. The van der Waals surface area contributed by atoms with Crippen LogP contribution >= 0.6 is 23.2 Å². The molecule has 0 unspecified atom stereocenters. The molecule has 0 radical (unpaired) electrons. The number of benzene rings is 2. The molecule has 8 heteroatoms. The molecule has 3 aromatic rings. The number of aromatic nitrogens is 1. The molecule has 0 bridgehead atoms. The summed E-state index contributed by atoms with van der Waals surface area (Å²) < 4.78 is 20.9. The molecule has 1 N–H and O–H groups in total. The molecule has 1 fully saturated rings. The van der Waals surface area contributed by atoms with Crippen molar-refractivity contribution in [2.24, 2.45) is 0 Å². The van der Waals surface area contributed by atoms with E-state index in [1.165, 1.54) is 28.8 Å². The number of phenolic OH excluding ortho intramolecular Hbond substituents is 1. The molecule has 1 aromatic heterocycles. The number of aromatic hydroxyl groups is 1. The normalized spacial score (nSPS) is 14.0. The summed E-state index contributed by atoms with van der Waals surface area (Å²) in [6.45, 7) is 1.66. The molecule has 5 nitrogen and oxygen atoms in total. The number of nitrogens with zero attached hydrogens (tertiary/aromatic N) is 1. The van der Waals surface area contributed by atoms with Gasteiger partial charge in [-0.15, -0.1) is 0 Å². The minimum Gasteiger partial charge on any atom is -0.505 e. The zero-order valence-corrected chi connectivity index (χ0v) is 17.6. The van der Waals surface area contributed by atoms with Crippen molar-refractivity contribution in [1.29, 1.82) is 0 Å². The first kappa shape index (κ1) is 20.7. The summed E-state index contributed by atoms with van der Waals surface area (Å²) >= 11 is 12.0. The van der Waals surface area contributed by atoms with Crippen molar-refractivity contribution in [3.05, 3.63) is 63.0 Å². The summed E-state index contributed by atoms with van der Waals surface area (Å²) in [4.78, 5) is 25.6. The Labute approximate surface area is 182 Å². The smallest absolute Gasteiger partial charge is 0.310 e. The number of rotatable bonds is 4. The van der Waals surface area contributed by atoms with Crippen molar-refractivity contribution in [2.45, 2.75) is 38.7 Å². The first-order valence-corrected chi connectivity index (χ1v) is 10.2. The minimum absolute atomic E-state index is 0.0742. The second-order valence-corrected chi connectivity index (χ2v) is 8.19. The molecule has 0 spiro atoms. The van der Waals surface area contributed by atoms with Gasteiger partial charge in [0.15, 0.2) is 11.6 Å². The van der Waals surface area contributed by atoms with Crippen molar-refractivity contribution >= 4 is 46.0 Å². The van der Waals surface area contributed by atoms with Crippen molar-refractivity contribution < 1.29 is 23.8 Å². The van der Waals surface area contributed by atoms with E-state index in [0.717, 1.165) is 25.3 Å². The first-order valence-electron chi connectivity index (χ1n) is 9.48.